The number of pyridine rings is 1. The molecule has 1 amide bonds. The molecule has 0 atom stereocenters. The average molecular weight is 284 g/mol. The number of hydrogen-bond donors (Lipinski definition) is 1. The van der Waals surface area contributed by atoms with Crippen molar-refractivity contribution in [3.05, 3.63) is 68.6 Å². The third kappa shape index (κ3) is 3.21. The standard InChI is InChI=1S/C17H20N2O2/c1-11-5-7-14(8-6-11)10-18-16(20)15-12(2)9-13(3)19(4)17(15)21/h5-9H,10H2,1-4H3,(H,18,20). The molecule has 21 heavy (non-hydrogen) atoms. The fourth-order valence-electron chi connectivity index (χ4n) is 2.23. The van der Waals surface area contributed by atoms with Crippen LogP contribution < -0.4 is 10.9 Å². The molecule has 0 spiro atoms. The number of carbonyl (C=O) groups excluding carboxylic acids is 1. The number of carbonyl (C=O) groups is 1. The fraction of sp³-hybridized carbons (Fsp3) is 0.294. The minimum Gasteiger partial charge on any atom is -0.348 e. The van der Waals surface area contributed by atoms with Gasteiger partial charge in [0.15, 0.2) is 0 Å². The first-order valence-electron chi connectivity index (χ1n) is 6.91. The van der Waals surface area contributed by atoms with E-state index in [-0.39, 0.29) is 17.0 Å². The van der Waals surface area contributed by atoms with Crippen LogP contribution in [-0.2, 0) is 13.6 Å². The molecule has 0 aliphatic rings. The molecule has 4 heteroatoms. The Balaban J connectivity index is 2.20. The Hall–Kier alpha value is -2.36. The normalized spacial score (nSPS) is 10.5. The molecule has 0 unspecified atom stereocenters. The molecule has 1 aromatic heterocycles. The summed E-state index contributed by atoms with van der Waals surface area (Å²) in [6.45, 7) is 6.06. The average Bonchev–Trinajstić information content (AvgIpc) is 2.44. The van der Waals surface area contributed by atoms with Gasteiger partial charge in [0.25, 0.3) is 11.5 Å². The Labute approximate surface area is 124 Å². The molecule has 4 nitrogen and oxygen atoms in total. The molecule has 0 saturated carbocycles. The minimum absolute atomic E-state index is 0.218. The van der Waals surface area contributed by atoms with Crippen LogP contribution in [0.1, 0.15) is 32.7 Å². The first-order chi connectivity index (χ1) is 9.90. The summed E-state index contributed by atoms with van der Waals surface area (Å²) in [6, 6.07) is 9.78. The van der Waals surface area contributed by atoms with Crippen LogP contribution in [0.25, 0.3) is 0 Å². The second-order valence-corrected chi connectivity index (χ2v) is 5.38. The third-order valence-electron chi connectivity index (χ3n) is 3.67. The SMILES string of the molecule is Cc1ccc(CNC(=O)c2c(C)cc(C)n(C)c2=O)cc1. The van der Waals surface area contributed by atoms with Crippen LogP contribution in [0.15, 0.2) is 35.1 Å². The number of nitrogens with one attached hydrogen (secondary N) is 1. The van der Waals surface area contributed by atoms with Gasteiger partial charge in [-0.15, -0.1) is 0 Å². The Morgan fingerprint density at radius 3 is 2.38 bits per heavy atom. The van der Waals surface area contributed by atoms with Gasteiger partial charge in [0.2, 0.25) is 0 Å². The molecule has 2 aromatic rings. The minimum atomic E-state index is -0.325. The van der Waals surface area contributed by atoms with E-state index in [1.54, 1.807) is 14.0 Å². The molecule has 0 aliphatic carbocycles. The van der Waals surface area contributed by atoms with E-state index >= 15 is 0 Å². The topological polar surface area (TPSA) is 51.1 Å². The summed E-state index contributed by atoms with van der Waals surface area (Å²) in [4.78, 5) is 24.5. The quantitative estimate of drug-likeness (QED) is 0.939. The van der Waals surface area contributed by atoms with Crippen molar-refractivity contribution in [2.45, 2.75) is 27.3 Å². The zero-order valence-electron chi connectivity index (χ0n) is 12.9. The van der Waals surface area contributed by atoms with Crippen molar-refractivity contribution in [2.75, 3.05) is 0 Å². The number of rotatable bonds is 3. The van der Waals surface area contributed by atoms with Crippen molar-refractivity contribution >= 4 is 5.91 Å². The largest absolute Gasteiger partial charge is 0.348 e. The van der Waals surface area contributed by atoms with Gasteiger partial charge in [-0.2, -0.15) is 0 Å². The summed E-state index contributed by atoms with van der Waals surface area (Å²) in [7, 11) is 1.67. The monoisotopic (exact) mass is 284 g/mol. The fourth-order valence-corrected chi connectivity index (χ4v) is 2.23. The van der Waals surface area contributed by atoms with Gasteiger partial charge in [-0.1, -0.05) is 29.8 Å². The van der Waals surface area contributed by atoms with E-state index in [9.17, 15) is 9.59 Å². The Morgan fingerprint density at radius 1 is 1.14 bits per heavy atom. The van der Waals surface area contributed by atoms with E-state index in [4.69, 9.17) is 0 Å². The maximum atomic E-state index is 12.3. The molecular weight excluding hydrogens is 264 g/mol. The highest BCUT2D eigenvalue weighted by atomic mass is 16.2. The van der Waals surface area contributed by atoms with E-state index in [1.807, 2.05) is 44.2 Å². The van der Waals surface area contributed by atoms with Gasteiger partial charge in [-0.25, -0.2) is 0 Å². The molecule has 1 aromatic carbocycles. The highest BCUT2D eigenvalue weighted by Crippen LogP contribution is 2.07. The smallest absolute Gasteiger partial charge is 0.263 e. The maximum absolute atomic E-state index is 12.3. The molecule has 110 valence electrons. The van der Waals surface area contributed by atoms with Crippen molar-refractivity contribution in [2.24, 2.45) is 7.05 Å². The maximum Gasteiger partial charge on any atom is 0.263 e. The van der Waals surface area contributed by atoms with Crippen LogP contribution in [-0.4, -0.2) is 10.5 Å². The summed E-state index contributed by atoms with van der Waals surface area (Å²) in [5, 5.41) is 2.81. The summed E-state index contributed by atoms with van der Waals surface area (Å²) in [6.07, 6.45) is 0. The van der Waals surface area contributed by atoms with Gasteiger partial charge in [0.1, 0.15) is 5.56 Å². The second-order valence-electron chi connectivity index (χ2n) is 5.38. The third-order valence-corrected chi connectivity index (χ3v) is 3.67. The van der Waals surface area contributed by atoms with E-state index in [0.717, 1.165) is 11.3 Å². The lowest BCUT2D eigenvalue weighted by molar-refractivity contribution is 0.0948. The van der Waals surface area contributed by atoms with Crippen LogP contribution in [0.2, 0.25) is 0 Å². The van der Waals surface area contributed by atoms with Gasteiger partial charge < -0.3 is 9.88 Å². The highest BCUT2D eigenvalue weighted by molar-refractivity contribution is 5.95. The molecule has 1 heterocycles. The first kappa shape index (κ1) is 15.0. The van der Waals surface area contributed by atoms with Crippen LogP contribution in [0.4, 0.5) is 0 Å². The van der Waals surface area contributed by atoms with E-state index in [1.165, 1.54) is 10.1 Å². The number of aromatic nitrogens is 1. The second kappa shape index (κ2) is 5.95. The lowest BCUT2D eigenvalue weighted by atomic mass is 10.1. The van der Waals surface area contributed by atoms with Gasteiger partial charge in [0, 0.05) is 19.3 Å². The van der Waals surface area contributed by atoms with E-state index < -0.39 is 0 Å². The number of aryl methyl sites for hydroxylation is 3. The van der Waals surface area contributed by atoms with Crippen LogP contribution in [0, 0.1) is 20.8 Å². The summed E-state index contributed by atoms with van der Waals surface area (Å²) >= 11 is 0. The molecule has 0 saturated heterocycles. The predicted molar refractivity (Wildman–Crippen MR) is 83.5 cm³/mol. The zero-order chi connectivity index (χ0) is 15.6. The molecule has 0 aliphatic heterocycles. The Morgan fingerprint density at radius 2 is 1.76 bits per heavy atom. The molecule has 0 bridgehead atoms. The lowest BCUT2D eigenvalue weighted by Gasteiger charge is -2.11. The summed E-state index contributed by atoms with van der Waals surface area (Å²) in [5.74, 6) is -0.325. The Bertz CT molecular complexity index is 728. The molecular formula is C17H20N2O2. The molecule has 1 N–H and O–H groups in total. The predicted octanol–water partition coefficient (Wildman–Crippen LogP) is 2.24. The van der Waals surface area contributed by atoms with Crippen molar-refractivity contribution in [3.8, 4) is 0 Å². The van der Waals surface area contributed by atoms with Crippen molar-refractivity contribution in [1.29, 1.82) is 0 Å². The van der Waals surface area contributed by atoms with Crippen LogP contribution >= 0.6 is 0 Å². The van der Waals surface area contributed by atoms with Gasteiger partial charge in [-0.05, 0) is 38.0 Å². The number of benzene rings is 1. The molecule has 0 fully saturated rings. The van der Waals surface area contributed by atoms with Crippen molar-refractivity contribution in [3.63, 3.8) is 0 Å². The van der Waals surface area contributed by atoms with Crippen molar-refractivity contribution < 1.29 is 4.79 Å². The summed E-state index contributed by atoms with van der Waals surface area (Å²) < 4.78 is 1.49. The number of hydrogen-bond acceptors (Lipinski definition) is 2. The van der Waals surface area contributed by atoms with Gasteiger partial charge in [0.05, 0.1) is 0 Å². The number of nitrogens with zero attached hydrogens (tertiary/aromatic N) is 1. The van der Waals surface area contributed by atoms with Crippen LogP contribution in [0.5, 0.6) is 0 Å². The number of amides is 1. The van der Waals surface area contributed by atoms with E-state index in [2.05, 4.69) is 5.32 Å². The first-order valence-corrected chi connectivity index (χ1v) is 6.91. The van der Waals surface area contributed by atoms with Gasteiger partial charge >= 0.3 is 0 Å². The Kier molecular flexibility index (Phi) is 4.26. The summed E-state index contributed by atoms with van der Waals surface area (Å²) in [5.41, 5.74) is 3.69. The lowest BCUT2D eigenvalue weighted by Crippen LogP contribution is -2.33. The van der Waals surface area contributed by atoms with Crippen LogP contribution in [0.3, 0.4) is 0 Å². The van der Waals surface area contributed by atoms with Gasteiger partial charge in [-0.3, -0.25) is 9.59 Å². The van der Waals surface area contributed by atoms with Crippen molar-refractivity contribution in [1.82, 2.24) is 9.88 Å². The molecule has 2 rings (SSSR count). The zero-order valence-corrected chi connectivity index (χ0v) is 12.9. The highest BCUT2D eigenvalue weighted by Gasteiger charge is 2.15. The van der Waals surface area contributed by atoms with E-state index in [0.29, 0.717) is 12.1 Å². The molecule has 0 radical (unpaired) electrons.